The fraction of sp³-hybridized carbons (Fsp3) is 0.211. The lowest BCUT2D eigenvalue weighted by atomic mass is 10.1. The van der Waals surface area contributed by atoms with Crippen LogP contribution in [0.25, 0.3) is 0 Å². The summed E-state index contributed by atoms with van der Waals surface area (Å²) < 4.78 is 0. The number of benzene rings is 1. The van der Waals surface area contributed by atoms with E-state index in [1.165, 1.54) is 0 Å². The Labute approximate surface area is 143 Å². The predicted octanol–water partition coefficient (Wildman–Crippen LogP) is 4.08. The van der Waals surface area contributed by atoms with Crippen LogP contribution in [-0.2, 0) is 0 Å². The molecule has 5 nitrogen and oxygen atoms in total. The molecule has 24 heavy (non-hydrogen) atoms. The molecule has 1 aromatic rings. The first-order chi connectivity index (χ1) is 11.4. The zero-order valence-electron chi connectivity index (χ0n) is 14.6. The highest BCUT2D eigenvalue weighted by atomic mass is 16.2. The van der Waals surface area contributed by atoms with Crippen LogP contribution in [0.15, 0.2) is 69.9 Å². The van der Waals surface area contributed by atoms with E-state index in [1.54, 1.807) is 12.4 Å². The van der Waals surface area contributed by atoms with Gasteiger partial charge in [0.25, 0.3) is 0 Å². The zero-order valence-corrected chi connectivity index (χ0v) is 14.6. The third-order valence-electron chi connectivity index (χ3n) is 2.67. The van der Waals surface area contributed by atoms with E-state index in [2.05, 4.69) is 27.6 Å². The van der Waals surface area contributed by atoms with Gasteiger partial charge in [0, 0.05) is 0 Å². The summed E-state index contributed by atoms with van der Waals surface area (Å²) in [5.74, 6) is 0. The van der Waals surface area contributed by atoms with Gasteiger partial charge < -0.3 is 0 Å². The monoisotopic (exact) mass is 324 g/mol. The predicted molar refractivity (Wildman–Crippen MR) is 101 cm³/mol. The van der Waals surface area contributed by atoms with Crippen LogP contribution in [-0.4, -0.2) is 18.5 Å². The summed E-state index contributed by atoms with van der Waals surface area (Å²) in [6, 6.07) is 7.29. The van der Waals surface area contributed by atoms with Crippen LogP contribution in [0.4, 0.5) is 4.79 Å². The molecule has 0 unspecified atom stereocenters. The maximum absolute atomic E-state index is 11.6. The van der Waals surface area contributed by atoms with Crippen molar-refractivity contribution in [1.29, 1.82) is 0 Å². The Morgan fingerprint density at radius 2 is 1.83 bits per heavy atom. The van der Waals surface area contributed by atoms with Gasteiger partial charge in [-0.05, 0) is 38.8 Å². The Bertz CT molecular complexity index is 708. The van der Waals surface area contributed by atoms with E-state index in [-0.39, 0.29) is 0 Å². The van der Waals surface area contributed by atoms with Crippen molar-refractivity contribution in [2.45, 2.75) is 27.7 Å². The molecule has 0 saturated heterocycles. The van der Waals surface area contributed by atoms with Crippen LogP contribution in [0.2, 0.25) is 0 Å². The first kappa shape index (κ1) is 19.1. The van der Waals surface area contributed by atoms with Crippen LogP contribution in [0.1, 0.15) is 31.9 Å². The van der Waals surface area contributed by atoms with E-state index in [1.807, 2.05) is 64.1 Å². The second kappa shape index (κ2) is 9.94. The summed E-state index contributed by atoms with van der Waals surface area (Å²) in [6.07, 6.45) is 6.97. The number of carbonyl (C=O) groups is 1. The minimum Gasteiger partial charge on any atom is -0.245 e. The standard InChI is InChI=1S/C19H24N4O/c1-14(2)9-18(10-15(3)4)13-21-23-19(24)22-20-12-17-8-6-7-16(5)11-17/h6-13H,1H2,2-5H3,(H2,22,23,24)/b18-9+,20-12+,21-13+. The molecule has 0 bridgehead atoms. The lowest BCUT2D eigenvalue weighted by Gasteiger charge is -2.00. The number of nitrogens with one attached hydrogen (secondary N) is 2. The lowest BCUT2D eigenvalue weighted by molar-refractivity contribution is 0.242. The molecule has 0 spiro atoms. The van der Waals surface area contributed by atoms with Crippen molar-refractivity contribution in [1.82, 2.24) is 10.9 Å². The fourth-order valence-electron chi connectivity index (χ4n) is 1.84. The highest BCUT2D eigenvalue weighted by molar-refractivity contribution is 5.85. The molecule has 0 aliphatic carbocycles. The normalized spacial score (nSPS) is 11.6. The molecule has 0 aromatic heterocycles. The molecule has 0 heterocycles. The fourth-order valence-corrected chi connectivity index (χ4v) is 1.84. The van der Waals surface area contributed by atoms with Gasteiger partial charge >= 0.3 is 6.03 Å². The molecule has 0 radical (unpaired) electrons. The van der Waals surface area contributed by atoms with Gasteiger partial charge in [0.15, 0.2) is 0 Å². The highest BCUT2D eigenvalue weighted by Gasteiger charge is 1.95. The maximum atomic E-state index is 11.6. The molecule has 0 atom stereocenters. The Hall–Kier alpha value is -2.95. The lowest BCUT2D eigenvalue weighted by Crippen LogP contribution is -2.28. The first-order valence-electron chi connectivity index (χ1n) is 7.57. The maximum Gasteiger partial charge on any atom is 0.355 e. The Balaban J connectivity index is 2.55. The molecule has 0 saturated carbocycles. The second-order valence-electron chi connectivity index (χ2n) is 5.70. The third kappa shape index (κ3) is 8.48. The highest BCUT2D eigenvalue weighted by Crippen LogP contribution is 2.03. The van der Waals surface area contributed by atoms with Gasteiger partial charge in [0.1, 0.15) is 0 Å². The molecule has 2 amide bonds. The number of hydrazone groups is 2. The van der Waals surface area contributed by atoms with Gasteiger partial charge in [-0.1, -0.05) is 59.7 Å². The van der Waals surface area contributed by atoms with Crippen molar-refractivity contribution in [2.24, 2.45) is 10.2 Å². The molecular formula is C19H24N4O. The van der Waals surface area contributed by atoms with E-state index < -0.39 is 6.03 Å². The number of hydrogen-bond acceptors (Lipinski definition) is 3. The summed E-state index contributed by atoms with van der Waals surface area (Å²) in [5.41, 5.74) is 9.64. The van der Waals surface area contributed by atoms with Crippen molar-refractivity contribution in [3.63, 3.8) is 0 Å². The summed E-state index contributed by atoms with van der Waals surface area (Å²) in [7, 11) is 0. The van der Waals surface area contributed by atoms with Gasteiger partial charge in [-0.25, -0.2) is 15.6 Å². The summed E-state index contributed by atoms with van der Waals surface area (Å²) >= 11 is 0. The average molecular weight is 324 g/mol. The van der Waals surface area contributed by atoms with Crippen molar-refractivity contribution >= 4 is 18.5 Å². The molecule has 1 aromatic carbocycles. The molecule has 2 N–H and O–H groups in total. The van der Waals surface area contributed by atoms with E-state index in [9.17, 15) is 4.79 Å². The summed E-state index contributed by atoms with van der Waals surface area (Å²) in [5, 5.41) is 7.78. The molecule has 126 valence electrons. The van der Waals surface area contributed by atoms with Gasteiger partial charge in [-0.2, -0.15) is 10.2 Å². The average Bonchev–Trinajstić information content (AvgIpc) is 2.46. The van der Waals surface area contributed by atoms with Crippen molar-refractivity contribution < 1.29 is 4.79 Å². The molecule has 5 heteroatoms. The number of hydrogen-bond donors (Lipinski definition) is 2. The minimum absolute atomic E-state index is 0.512. The number of nitrogens with zero attached hydrogens (tertiary/aromatic N) is 2. The quantitative estimate of drug-likeness (QED) is 0.462. The number of rotatable bonds is 6. The van der Waals surface area contributed by atoms with Gasteiger partial charge in [0.2, 0.25) is 0 Å². The van der Waals surface area contributed by atoms with Gasteiger partial charge in [0.05, 0.1) is 12.4 Å². The topological polar surface area (TPSA) is 65.8 Å². The van der Waals surface area contributed by atoms with Gasteiger partial charge in [-0.3, -0.25) is 0 Å². The zero-order chi connectivity index (χ0) is 17.9. The number of aryl methyl sites for hydroxylation is 1. The van der Waals surface area contributed by atoms with Crippen molar-refractivity contribution in [2.75, 3.05) is 0 Å². The molecular weight excluding hydrogens is 300 g/mol. The summed E-state index contributed by atoms with van der Waals surface area (Å²) in [6.45, 7) is 11.7. The Morgan fingerprint density at radius 3 is 2.46 bits per heavy atom. The molecule has 0 fully saturated rings. The van der Waals surface area contributed by atoms with Crippen molar-refractivity contribution in [3.8, 4) is 0 Å². The van der Waals surface area contributed by atoms with E-state index in [4.69, 9.17) is 0 Å². The Kier molecular flexibility index (Phi) is 7.91. The van der Waals surface area contributed by atoms with Crippen LogP contribution >= 0.6 is 0 Å². The van der Waals surface area contributed by atoms with E-state index >= 15 is 0 Å². The summed E-state index contributed by atoms with van der Waals surface area (Å²) in [4.78, 5) is 11.6. The molecule has 1 rings (SSSR count). The number of amides is 2. The van der Waals surface area contributed by atoms with Crippen LogP contribution in [0.3, 0.4) is 0 Å². The SMILES string of the molecule is C=C(C)/C=C(C=C(C)C)/C=N/NC(=O)N/N=C/c1cccc(C)c1. The third-order valence-corrected chi connectivity index (χ3v) is 2.67. The first-order valence-corrected chi connectivity index (χ1v) is 7.57. The van der Waals surface area contributed by atoms with Crippen LogP contribution in [0.5, 0.6) is 0 Å². The molecule has 0 aliphatic rings. The Morgan fingerprint density at radius 1 is 1.12 bits per heavy atom. The van der Waals surface area contributed by atoms with E-state index in [0.29, 0.717) is 0 Å². The molecule has 0 aliphatic heterocycles. The number of carbonyl (C=O) groups excluding carboxylic acids is 1. The van der Waals surface area contributed by atoms with E-state index in [0.717, 1.165) is 27.8 Å². The largest absolute Gasteiger partial charge is 0.355 e. The second-order valence-corrected chi connectivity index (χ2v) is 5.70. The smallest absolute Gasteiger partial charge is 0.245 e. The number of allylic oxidation sites excluding steroid dienone is 5. The van der Waals surface area contributed by atoms with Crippen molar-refractivity contribution in [3.05, 3.63) is 70.8 Å². The van der Waals surface area contributed by atoms with Crippen LogP contribution in [0, 0.1) is 6.92 Å². The van der Waals surface area contributed by atoms with Crippen LogP contribution < -0.4 is 10.9 Å². The minimum atomic E-state index is -0.512. The number of urea groups is 1. The van der Waals surface area contributed by atoms with Gasteiger partial charge in [-0.15, -0.1) is 0 Å².